The highest BCUT2D eigenvalue weighted by Gasteiger charge is 2.24. The summed E-state index contributed by atoms with van der Waals surface area (Å²) in [6.45, 7) is 7.53. The van der Waals surface area contributed by atoms with Crippen molar-refractivity contribution in [2.75, 3.05) is 6.54 Å². The first-order chi connectivity index (χ1) is 9.21. The zero-order chi connectivity index (χ0) is 14.1. The average molecular weight is 268 g/mol. The number of unbranched alkanes of at least 4 members (excludes halogenated alkanes) is 1. The van der Waals surface area contributed by atoms with Crippen LogP contribution in [0.3, 0.4) is 0 Å². The summed E-state index contributed by atoms with van der Waals surface area (Å²) in [5, 5.41) is 6.78. The summed E-state index contributed by atoms with van der Waals surface area (Å²) in [5.41, 5.74) is 0. The Morgan fingerprint density at radius 3 is 2.26 bits per heavy atom. The molecule has 1 aliphatic carbocycles. The molecule has 1 aliphatic rings. The highest BCUT2D eigenvalue weighted by atomic mass is 16.1. The minimum atomic E-state index is 0.228. The molecule has 112 valence electrons. The summed E-state index contributed by atoms with van der Waals surface area (Å²) in [6.07, 6.45) is 9.02. The van der Waals surface area contributed by atoms with E-state index in [4.69, 9.17) is 0 Å². The van der Waals surface area contributed by atoms with Crippen molar-refractivity contribution in [3.63, 3.8) is 0 Å². The van der Waals surface area contributed by atoms with Gasteiger partial charge < -0.3 is 10.6 Å². The number of hydrogen-bond donors (Lipinski definition) is 2. The molecule has 1 rings (SSSR count). The van der Waals surface area contributed by atoms with Gasteiger partial charge in [-0.15, -0.1) is 0 Å². The molecule has 1 fully saturated rings. The summed E-state index contributed by atoms with van der Waals surface area (Å²) >= 11 is 0. The van der Waals surface area contributed by atoms with Crippen LogP contribution < -0.4 is 10.6 Å². The van der Waals surface area contributed by atoms with Crippen molar-refractivity contribution in [3.05, 3.63) is 0 Å². The van der Waals surface area contributed by atoms with Crippen molar-refractivity contribution in [2.45, 2.75) is 84.2 Å². The van der Waals surface area contributed by atoms with E-state index in [1.165, 1.54) is 25.7 Å². The Morgan fingerprint density at radius 1 is 1.11 bits per heavy atom. The molecule has 1 atom stereocenters. The van der Waals surface area contributed by atoms with Gasteiger partial charge in [0.2, 0.25) is 5.91 Å². The van der Waals surface area contributed by atoms with Gasteiger partial charge in [-0.3, -0.25) is 4.79 Å². The molecule has 3 nitrogen and oxygen atoms in total. The summed E-state index contributed by atoms with van der Waals surface area (Å²) < 4.78 is 0. The summed E-state index contributed by atoms with van der Waals surface area (Å²) in [6, 6.07) is 1.08. The van der Waals surface area contributed by atoms with Crippen LogP contribution in [0.1, 0.15) is 72.1 Å². The third-order valence-corrected chi connectivity index (χ3v) is 4.34. The molecule has 0 aromatic rings. The molecule has 0 bridgehead atoms. The molecule has 19 heavy (non-hydrogen) atoms. The van der Waals surface area contributed by atoms with Crippen molar-refractivity contribution < 1.29 is 4.79 Å². The van der Waals surface area contributed by atoms with Crippen LogP contribution in [0.25, 0.3) is 0 Å². The van der Waals surface area contributed by atoms with Gasteiger partial charge in [0.1, 0.15) is 0 Å². The summed E-state index contributed by atoms with van der Waals surface area (Å²) in [4.78, 5) is 12.2. The van der Waals surface area contributed by atoms with E-state index in [0.29, 0.717) is 18.0 Å². The fourth-order valence-corrected chi connectivity index (χ4v) is 3.02. The van der Waals surface area contributed by atoms with E-state index in [1.54, 1.807) is 0 Å². The zero-order valence-electron chi connectivity index (χ0n) is 13.0. The van der Waals surface area contributed by atoms with Crippen molar-refractivity contribution in [1.82, 2.24) is 10.6 Å². The van der Waals surface area contributed by atoms with Crippen LogP contribution in [-0.2, 0) is 4.79 Å². The summed E-state index contributed by atoms with van der Waals surface area (Å²) in [5.74, 6) is 0.522. The minimum absolute atomic E-state index is 0.228. The number of carbonyl (C=O) groups is 1. The number of carbonyl (C=O) groups excluding carboxylic acids is 1. The van der Waals surface area contributed by atoms with Crippen LogP contribution in [0, 0.1) is 5.92 Å². The predicted molar refractivity (Wildman–Crippen MR) is 81.2 cm³/mol. The van der Waals surface area contributed by atoms with E-state index >= 15 is 0 Å². The van der Waals surface area contributed by atoms with Crippen molar-refractivity contribution in [3.8, 4) is 0 Å². The van der Waals surface area contributed by atoms with E-state index in [-0.39, 0.29) is 5.92 Å². The standard InChI is InChI=1S/C16H32N2O/c1-4-7-8-13(5-2)16(19)18-15-11-9-14(10-12-15)17-6-3/h13-15,17H,4-12H2,1-3H3,(H,18,19). The number of nitrogens with one attached hydrogen (secondary N) is 2. The molecule has 1 amide bonds. The van der Waals surface area contributed by atoms with Gasteiger partial charge in [-0.05, 0) is 45.1 Å². The molecule has 0 aromatic carbocycles. The minimum Gasteiger partial charge on any atom is -0.353 e. The van der Waals surface area contributed by atoms with Crippen molar-refractivity contribution in [1.29, 1.82) is 0 Å². The fourth-order valence-electron chi connectivity index (χ4n) is 3.02. The first kappa shape index (κ1) is 16.5. The van der Waals surface area contributed by atoms with E-state index in [0.717, 1.165) is 32.2 Å². The topological polar surface area (TPSA) is 41.1 Å². The van der Waals surface area contributed by atoms with Crippen LogP contribution in [0.4, 0.5) is 0 Å². The number of hydrogen-bond acceptors (Lipinski definition) is 2. The van der Waals surface area contributed by atoms with Gasteiger partial charge in [0, 0.05) is 18.0 Å². The maximum Gasteiger partial charge on any atom is 0.223 e. The SMILES string of the molecule is CCCCC(CC)C(=O)NC1CCC(NCC)CC1. The molecule has 0 saturated heterocycles. The Balaban J connectivity index is 2.28. The van der Waals surface area contributed by atoms with Crippen LogP contribution in [0.15, 0.2) is 0 Å². The maximum absolute atomic E-state index is 12.2. The lowest BCUT2D eigenvalue weighted by atomic mass is 9.90. The molecule has 3 heteroatoms. The van der Waals surface area contributed by atoms with E-state index in [2.05, 4.69) is 31.4 Å². The van der Waals surface area contributed by atoms with Crippen LogP contribution >= 0.6 is 0 Å². The molecular weight excluding hydrogens is 236 g/mol. The molecule has 1 saturated carbocycles. The predicted octanol–water partition coefficient (Wildman–Crippen LogP) is 3.24. The molecule has 0 aromatic heterocycles. The second-order valence-electron chi connectivity index (χ2n) is 5.86. The molecule has 0 aliphatic heterocycles. The smallest absolute Gasteiger partial charge is 0.223 e. The van der Waals surface area contributed by atoms with Crippen LogP contribution in [0.5, 0.6) is 0 Å². The van der Waals surface area contributed by atoms with Gasteiger partial charge in [-0.1, -0.05) is 33.6 Å². The van der Waals surface area contributed by atoms with Gasteiger partial charge in [0.15, 0.2) is 0 Å². The van der Waals surface area contributed by atoms with Crippen molar-refractivity contribution in [2.24, 2.45) is 5.92 Å². The largest absolute Gasteiger partial charge is 0.353 e. The average Bonchev–Trinajstić information content (AvgIpc) is 2.42. The Hall–Kier alpha value is -0.570. The number of amides is 1. The zero-order valence-corrected chi connectivity index (χ0v) is 13.0. The summed E-state index contributed by atoms with van der Waals surface area (Å²) in [7, 11) is 0. The molecule has 2 N–H and O–H groups in total. The quantitative estimate of drug-likeness (QED) is 0.709. The van der Waals surface area contributed by atoms with Gasteiger partial charge in [-0.25, -0.2) is 0 Å². The van der Waals surface area contributed by atoms with Gasteiger partial charge >= 0.3 is 0 Å². The van der Waals surface area contributed by atoms with E-state index < -0.39 is 0 Å². The number of rotatable bonds is 8. The third kappa shape index (κ3) is 5.94. The second kappa shape index (κ2) is 9.35. The van der Waals surface area contributed by atoms with E-state index in [9.17, 15) is 4.79 Å². The first-order valence-corrected chi connectivity index (χ1v) is 8.24. The van der Waals surface area contributed by atoms with Crippen molar-refractivity contribution >= 4 is 5.91 Å². The lowest BCUT2D eigenvalue weighted by molar-refractivity contribution is -0.126. The fraction of sp³-hybridized carbons (Fsp3) is 0.938. The Labute approximate surface area is 118 Å². The molecule has 0 radical (unpaired) electrons. The monoisotopic (exact) mass is 268 g/mol. The van der Waals surface area contributed by atoms with Gasteiger partial charge in [-0.2, -0.15) is 0 Å². The Bertz CT molecular complexity index is 247. The maximum atomic E-state index is 12.2. The third-order valence-electron chi connectivity index (χ3n) is 4.34. The van der Waals surface area contributed by atoms with Crippen LogP contribution in [-0.4, -0.2) is 24.5 Å². The lowest BCUT2D eigenvalue weighted by Crippen LogP contribution is -2.44. The molecule has 0 heterocycles. The first-order valence-electron chi connectivity index (χ1n) is 8.24. The Kier molecular flexibility index (Phi) is 8.11. The lowest BCUT2D eigenvalue weighted by Gasteiger charge is -2.30. The van der Waals surface area contributed by atoms with Crippen LogP contribution in [0.2, 0.25) is 0 Å². The van der Waals surface area contributed by atoms with Gasteiger partial charge in [0.05, 0.1) is 0 Å². The van der Waals surface area contributed by atoms with E-state index in [1.807, 2.05) is 0 Å². The highest BCUT2D eigenvalue weighted by Crippen LogP contribution is 2.20. The molecular formula is C16H32N2O. The molecule has 1 unspecified atom stereocenters. The molecule has 0 spiro atoms. The van der Waals surface area contributed by atoms with Gasteiger partial charge in [0.25, 0.3) is 0 Å². The second-order valence-corrected chi connectivity index (χ2v) is 5.86. The highest BCUT2D eigenvalue weighted by molar-refractivity contribution is 5.78. The Morgan fingerprint density at radius 2 is 1.74 bits per heavy atom. The normalized spacial score (nSPS) is 25.0.